The van der Waals surface area contributed by atoms with Gasteiger partial charge in [-0.05, 0) is 41.8 Å². The number of nitrogens with zero attached hydrogens (tertiary/aromatic N) is 1. The molecule has 0 fully saturated rings. The Kier molecular flexibility index (Phi) is 7.83. The van der Waals surface area contributed by atoms with Gasteiger partial charge in [0.2, 0.25) is 6.79 Å². The number of hydrogen-bond donors (Lipinski definition) is 2. The topological polar surface area (TPSA) is 64.1 Å². The van der Waals surface area contributed by atoms with E-state index in [1.165, 1.54) is 5.56 Å². The van der Waals surface area contributed by atoms with Crippen molar-refractivity contribution in [2.24, 2.45) is 4.99 Å². The number of ether oxygens (including phenoxy) is 3. The van der Waals surface area contributed by atoms with Gasteiger partial charge >= 0.3 is 0 Å². The molecule has 6 nitrogen and oxygen atoms in total. The minimum absolute atomic E-state index is 0. The van der Waals surface area contributed by atoms with Crippen molar-refractivity contribution < 1.29 is 14.2 Å². The van der Waals surface area contributed by atoms with E-state index >= 15 is 0 Å². The van der Waals surface area contributed by atoms with Crippen LogP contribution in [-0.2, 0) is 13.0 Å². The van der Waals surface area contributed by atoms with Gasteiger partial charge in [0, 0.05) is 20.1 Å². The zero-order chi connectivity index (χ0) is 17.5. The fourth-order valence-electron chi connectivity index (χ4n) is 2.61. The third kappa shape index (κ3) is 5.42. The number of guanidine groups is 1. The normalized spacial score (nSPS) is 12.3. The van der Waals surface area contributed by atoms with Crippen LogP contribution in [0.15, 0.2) is 47.5 Å². The molecule has 26 heavy (non-hydrogen) atoms. The van der Waals surface area contributed by atoms with Gasteiger partial charge in [-0.3, -0.25) is 4.99 Å². The maximum atomic E-state index is 5.41. The highest BCUT2D eigenvalue weighted by molar-refractivity contribution is 14.0. The van der Waals surface area contributed by atoms with Gasteiger partial charge in [-0.15, -0.1) is 24.0 Å². The number of benzene rings is 2. The molecule has 2 aromatic rings. The van der Waals surface area contributed by atoms with Gasteiger partial charge in [-0.25, -0.2) is 0 Å². The van der Waals surface area contributed by atoms with E-state index < -0.39 is 0 Å². The minimum Gasteiger partial charge on any atom is -0.497 e. The average Bonchev–Trinajstić information content (AvgIpc) is 3.12. The standard InChI is InChI=1S/C19H23N3O3.HI/c1-20-19(22-12-15-4-3-5-16(10-15)23-2)21-9-8-14-6-7-17-18(11-14)25-13-24-17;/h3-7,10-11H,8-9,12-13H2,1-2H3,(H2,20,21,22);1H. The van der Waals surface area contributed by atoms with Crippen molar-refractivity contribution in [3.8, 4) is 17.2 Å². The highest BCUT2D eigenvalue weighted by atomic mass is 127. The Labute approximate surface area is 171 Å². The van der Waals surface area contributed by atoms with Crippen molar-refractivity contribution in [2.75, 3.05) is 27.5 Å². The first-order valence-electron chi connectivity index (χ1n) is 8.24. The summed E-state index contributed by atoms with van der Waals surface area (Å²) in [5.41, 5.74) is 2.33. The summed E-state index contributed by atoms with van der Waals surface area (Å²) in [5.74, 6) is 3.25. The van der Waals surface area contributed by atoms with Crippen molar-refractivity contribution in [3.63, 3.8) is 0 Å². The first-order valence-corrected chi connectivity index (χ1v) is 8.24. The van der Waals surface area contributed by atoms with Crippen molar-refractivity contribution in [1.82, 2.24) is 10.6 Å². The molecule has 0 bridgehead atoms. The number of halogens is 1. The van der Waals surface area contributed by atoms with Crippen LogP contribution in [0.3, 0.4) is 0 Å². The molecular formula is C19H24IN3O3. The fraction of sp³-hybridized carbons (Fsp3) is 0.316. The molecule has 0 saturated heterocycles. The Morgan fingerprint density at radius 3 is 2.73 bits per heavy atom. The second-order valence-corrected chi connectivity index (χ2v) is 5.64. The Balaban J connectivity index is 0.00000243. The van der Waals surface area contributed by atoms with E-state index in [-0.39, 0.29) is 24.0 Å². The molecule has 3 rings (SSSR count). The van der Waals surface area contributed by atoms with Crippen molar-refractivity contribution in [3.05, 3.63) is 53.6 Å². The fourth-order valence-corrected chi connectivity index (χ4v) is 2.61. The Hall–Kier alpha value is -2.16. The number of fused-ring (bicyclic) bond motifs is 1. The Morgan fingerprint density at radius 2 is 1.92 bits per heavy atom. The highest BCUT2D eigenvalue weighted by Crippen LogP contribution is 2.32. The lowest BCUT2D eigenvalue weighted by molar-refractivity contribution is 0.174. The largest absolute Gasteiger partial charge is 0.497 e. The Morgan fingerprint density at radius 1 is 1.08 bits per heavy atom. The Bertz CT molecular complexity index is 753. The molecule has 0 saturated carbocycles. The number of hydrogen-bond acceptors (Lipinski definition) is 4. The lowest BCUT2D eigenvalue weighted by Crippen LogP contribution is -2.37. The molecule has 140 valence electrons. The van der Waals surface area contributed by atoms with Crippen LogP contribution < -0.4 is 24.8 Å². The summed E-state index contributed by atoms with van der Waals surface area (Å²) < 4.78 is 16.0. The summed E-state index contributed by atoms with van der Waals surface area (Å²) in [7, 11) is 3.44. The first kappa shape index (κ1) is 20.2. The van der Waals surface area contributed by atoms with Crippen molar-refractivity contribution in [2.45, 2.75) is 13.0 Å². The number of rotatable bonds is 6. The highest BCUT2D eigenvalue weighted by Gasteiger charge is 2.12. The van der Waals surface area contributed by atoms with Crippen LogP contribution >= 0.6 is 24.0 Å². The molecule has 0 atom stereocenters. The monoisotopic (exact) mass is 469 g/mol. The number of aliphatic imine (C=N–C) groups is 1. The van der Waals surface area contributed by atoms with Crippen molar-refractivity contribution >= 4 is 29.9 Å². The smallest absolute Gasteiger partial charge is 0.231 e. The van der Waals surface area contributed by atoms with E-state index in [1.807, 2.05) is 30.3 Å². The number of nitrogens with one attached hydrogen (secondary N) is 2. The molecule has 0 aromatic heterocycles. The van der Waals surface area contributed by atoms with Gasteiger partial charge < -0.3 is 24.8 Å². The van der Waals surface area contributed by atoms with E-state index in [9.17, 15) is 0 Å². The molecule has 2 aromatic carbocycles. The third-order valence-electron chi connectivity index (χ3n) is 3.96. The van der Waals surface area contributed by atoms with Crippen LogP contribution in [0.25, 0.3) is 0 Å². The van der Waals surface area contributed by atoms with Gasteiger partial charge in [0.25, 0.3) is 0 Å². The number of methoxy groups -OCH3 is 1. The van der Waals surface area contributed by atoms with Gasteiger partial charge in [0.1, 0.15) is 5.75 Å². The van der Waals surface area contributed by atoms with Crippen LogP contribution in [-0.4, -0.2) is 33.5 Å². The zero-order valence-electron chi connectivity index (χ0n) is 15.0. The molecule has 1 aliphatic heterocycles. The predicted octanol–water partition coefficient (Wildman–Crippen LogP) is 2.95. The van der Waals surface area contributed by atoms with Gasteiger partial charge in [0.05, 0.1) is 7.11 Å². The third-order valence-corrected chi connectivity index (χ3v) is 3.96. The lowest BCUT2D eigenvalue weighted by Gasteiger charge is -2.12. The first-order chi connectivity index (χ1) is 12.3. The van der Waals surface area contributed by atoms with Crippen LogP contribution in [0.1, 0.15) is 11.1 Å². The molecular weight excluding hydrogens is 445 g/mol. The summed E-state index contributed by atoms with van der Waals surface area (Å²) in [5, 5.41) is 6.62. The molecule has 0 amide bonds. The van der Waals surface area contributed by atoms with E-state index in [0.29, 0.717) is 13.3 Å². The van der Waals surface area contributed by atoms with Gasteiger partial charge in [-0.1, -0.05) is 18.2 Å². The minimum atomic E-state index is 0. The predicted molar refractivity (Wildman–Crippen MR) is 113 cm³/mol. The molecule has 0 unspecified atom stereocenters. The van der Waals surface area contributed by atoms with Crippen LogP contribution in [0, 0.1) is 0 Å². The van der Waals surface area contributed by atoms with Crippen LogP contribution in [0.2, 0.25) is 0 Å². The van der Waals surface area contributed by atoms with Gasteiger partial charge in [-0.2, -0.15) is 0 Å². The van der Waals surface area contributed by atoms with Crippen LogP contribution in [0.5, 0.6) is 17.2 Å². The van der Waals surface area contributed by atoms with Crippen LogP contribution in [0.4, 0.5) is 0 Å². The molecule has 1 aliphatic rings. The van der Waals surface area contributed by atoms with E-state index in [0.717, 1.165) is 41.7 Å². The molecule has 2 N–H and O–H groups in total. The van der Waals surface area contributed by atoms with E-state index in [1.54, 1.807) is 14.2 Å². The van der Waals surface area contributed by atoms with E-state index in [4.69, 9.17) is 14.2 Å². The quantitative estimate of drug-likeness (QED) is 0.387. The maximum absolute atomic E-state index is 5.41. The second-order valence-electron chi connectivity index (χ2n) is 5.64. The second kappa shape index (κ2) is 10.1. The average molecular weight is 469 g/mol. The summed E-state index contributed by atoms with van der Waals surface area (Å²) in [6.45, 7) is 1.76. The molecule has 7 heteroatoms. The maximum Gasteiger partial charge on any atom is 0.231 e. The summed E-state index contributed by atoms with van der Waals surface area (Å²) in [4.78, 5) is 4.25. The van der Waals surface area contributed by atoms with E-state index in [2.05, 4.69) is 27.8 Å². The molecule has 0 aliphatic carbocycles. The summed E-state index contributed by atoms with van der Waals surface area (Å²) in [6.07, 6.45) is 0.872. The molecule has 1 heterocycles. The SMILES string of the molecule is CN=C(NCCc1ccc2c(c1)OCO2)NCc1cccc(OC)c1.I. The van der Waals surface area contributed by atoms with Gasteiger partial charge in [0.15, 0.2) is 17.5 Å². The molecule has 0 spiro atoms. The summed E-state index contributed by atoms with van der Waals surface area (Å²) >= 11 is 0. The molecule has 0 radical (unpaired) electrons. The van der Waals surface area contributed by atoms with Crippen molar-refractivity contribution in [1.29, 1.82) is 0 Å². The lowest BCUT2D eigenvalue weighted by atomic mass is 10.1. The zero-order valence-corrected chi connectivity index (χ0v) is 17.3. The summed E-state index contributed by atoms with van der Waals surface area (Å²) in [6, 6.07) is 14.0.